The molecule has 0 saturated carbocycles. The van der Waals surface area contributed by atoms with Crippen molar-refractivity contribution < 1.29 is 9.53 Å². The number of carbonyl (C=O) groups excluding carboxylic acids is 1. The summed E-state index contributed by atoms with van der Waals surface area (Å²) in [5, 5.41) is 12.8. The Morgan fingerprint density at radius 1 is 1.19 bits per heavy atom. The maximum absolute atomic E-state index is 12.3. The second kappa shape index (κ2) is 9.25. The highest BCUT2D eigenvalue weighted by Crippen LogP contribution is 2.26. The fourth-order valence-electron chi connectivity index (χ4n) is 4.08. The molecule has 1 saturated heterocycles. The van der Waals surface area contributed by atoms with Crippen LogP contribution in [0.1, 0.15) is 22.9 Å². The number of nitrogens with one attached hydrogen (secondary N) is 1. The highest BCUT2D eigenvalue weighted by atomic mass is 32.1. The predicted octanol–water partition coefficient (Wildman–Crippen LogP) is 2.11. The smallest absolute Gasteiger partial charge is 0.225 e. The topological polar surface area (TPSA) is 85.2 Å². The second-order valence-corrected chi connectivity index (χ2v) is 9.10. The van der Waals surface area contributed by atoms with Gasteiger partial charge in [0.25, 0.3) is 0 Å². The van der Waals surface area contributed by atoms with Crippen molar-refractivity contribution in [2.75, 3.05) is 26.3 Å². The molecule has 1 aromatic carbocycles. The molecular formula is C22H26N6O2S. The molecule has 9 heteroatoms. The lowest BCUT2D eigenvalue weighted by atomic mass is 10.1. The fraction of sp³-hybridized carbons (Fsp3) is 0.455. The Balaban J connectivity index is 1.18. The molecule has 4 heterocycles. The molecule has 1 N–H and O–H groups in total. The SMILES string of the molecule is O=C(NCc1nnc2n1CCN(Cc1cnc(-c3ccccc3)s1)CC2)[C@@H]1CCOC1. The lowest BCUT2D eigenvalue weighted by molar-refractivity contribution is -0.125. The molecule has 0 aliphatic carbocycles. The largest absolute Gasteiger partial charge is 0.381 e. The zero-order valence-electron chi connectivity index (χ0n) is 17.4. The monoisotopic (exact) mass is 438 g/mol. The van der Waals surface area contributed by atoms with E-state index >= 15 is 0 Å². The van der Waals surface area contributed by atoms with Crippen molar-refractivity contribution >= 4 is 17.2 Å². The zero-order valence-corrected chi connectivity index (χ0v) is 18.2. The van der Waals surface area contributed by atoms with Crippen molar-refractivity contribution in [1.82, 2.24) is 30.0 Å². The van der Waals surface area contributed by atoms with E-state index in [9.17, 15) is 4.79 Å². The van der Waals surface area contributed by atoms with Crippen LogP contribution in [0.25, 0.3) is 10.6 Å². The third kappa shape index (κ3) is 4.68. The predicted molar refractivity (Wildman–Crippen MR) is 117 cm³/mol. The normalized spacial score (nSPS) is 19.2. The number of carbonyl (C=O) groups is 1. The van der Waals surface area contributed by atoms with Gasteiger partial charge in [-0.15, -0.1) is 21.5 Å². The average Bonchev–Trinajstić information content (AvgIpc) is 3.54. The Hall–Kier alpha value is -2.62. The van der Waals surface area contributed by atoms with E-state index in [0.29, 0.717) is 19.8 Å². The molecule has 2 aromatic heterocycles. The number of ether oxygens (including phenoxy) is 1. The first kappa shape index (κ1) is 20.3. The Morgan fingerprint density at radius 3 is 2.94 bits per heavy atom. The lowest BCUT2D eigenvalue weighted by Gasteiger charge is -2.18. The van der Waals surface area contributed by atoms with Crippen molar-refractivity contribution in [2.45, 2.75) is 32.5 Å². The van der Waals surface area contributed by atoms with Crippen LogP contribution in [-0.4, -0.2) is 56.9 Å². The number of rotatable bonds is 6. The summed E-state index contributed by atoms with van der Waals surface area (Å²) in [5.41, 5.74) is 1.16. The third-order valence-electron chi connectivity index (χ3n) is 5.87. The minimum Gasteiger partial charge on any atom is -0.381 e. The molecule has 0 bridgehead atoms. The van der Waals surface area contributed by atoms with Crippen molar-refractivity contribution in [2.24, 2.45) is 5.92 Å². The lowest BCUT2D eigenvalue weighted by Crippen LogP contribution is -2.32. The van der Waals surface area contributed by atoms with Gasteiger partial charge in [0.05, 0.1) is 19.1 Å². The molecule has 1 atom stereocenters. The molecular weight excluding hydrogens is 412 g/mol. The first-order valence-electron chi connectivity index (χ1n) is 10.7. The molecule has 8 nitrogen and oxygen atoms in total. The van der Waals surface area contributed by atoms with Crippen molar-refractivity contribution in [3.63, 3.8) is 0 Å². The van der Waals surface area contributed by atoms with Crippen molar-refractivity contribution in [3.8, 4) is 10.6 Å². The zero-order chi connectivity index (χ0) is 21.0. The number of hydrogen-bond donors (Lipinski definition) is 1. The van der Waals surface area contributed by atoms with Crippen molar-refractivity contribution in [1.29, 1.82) is 0 Å². The molecule has 0 radical (unpaired) electrons. The van der Waals surface area contributed by atoms with Crippen LogP contribution in [0, 0.1) is 5.92 Å². The minimum absolute atomic E-state index is 0.0396. The number of aromatic nitrogens is 4. The van der Waals surface area contributed by atoms with Gasteiger partial charge >= 0.3 is 0 Å². The van der Waals surface area contributed by atoms with Gasteiger partial charge in [0.1, 0.15) is 10.8 Å². The molecule has 31 heavy (non-hydrogen) atoms. The molecule has 5 rings (SSSR count). The van der Waals surface area contributed by atoms with Crippen LogP contribution in [-0.2, 0) is 35.6 Å². The van der Waals surface area contributed by atoms with Gasteiger partial charge in [0.15, 0.2) is 5.82 Å². The number of thiazole rings is 1. The van der Waals surface area contributed by atoms with E-state index in [0.717, 1.165) is 61.2 Å². The van der Waals surface area contributed by atoms with E-state index in [4.69, 9.17) is 4.74 Å². The standard InChI is InChI=1S/C22H26N6O2S/c29-21(17-7-11-30-15-17)23-13-20-26-25-19-6-8-27(9-10-28(19)20)14-18-12-24-22(31-18)16-4-2-1-3-5-16/h1-5,12,17H,6-11,13-15H2,(H,23,29)/t17-/m1/s1. The van der Waals surface area contributed by atoms with Crippen LogP contribution in [0.3, 0.4) is 0 Å². The van der Waals surface area contributed by atoms with Crippen LogP contribution < -0.4 is 5.32 Å². The number of fused-ring (bicyclic) bond motifs is 1. The Bertz CT molecular complexity index is 1030. The number of hydrogen-bond acceptors (Lipinski definition) is 7. The summed E-state index contributed by atoms with van der Waals surface area (Å²) in [6.45, 7) is 5.16. The van der Waals surface area contributed by atoms with Gasteiger partial charge in [-0.05, 0) is 6.42 Å². The molecule has 0 unspecified atom stereocenters. The molecule has 3 aromatic rings. The first-order valence-corrected chi connectivity index (χ1v) is 11.6. The van der Waals surface area contributed by atoms with Crippen LogP contribution >= 0.6 is 11.3 Å². The fourth-order valence-corrected chi connectivity index (χ4v) is 5.04. The quantitative estimate of drug-likeness (QED) is 0.635. The Labute approximate surface area is 185 Å². The highest BCUT2D eigenvalue weighted by molar-refractivity contribution is 7.15. The van der Waals surface area contributed by atoms with Gasteiger partial charge in [-0.25, -0.2) is 4.98 Å². The highest BCUT2D eigenvalue weighted by Gasteiger charge is 2.24. The molecule has 162 valence electrons. The summed E-state index contributed by atoms with van der Waals surface area (Å²) in [6.07, 6.45) is 3.63. The third-order valence-corrected chi connectivity index (χ3v) is 6.90. The van der Waals surface area contributed by atoms with Gasteiger partial charge < -0.3 is 14.6 Å². The minimum atomic E-state index is -0.0396. The van der Waals surface area contributed by atoms with Gasteiger partial charge in [-0.1, -0.05) is 30.3 Å². The summed E-state index contributed by atoms with van der Waals surface area (Å²) in [6, 6.07) is 10.3. The maximum atomic E-state index is 12.3. The summed E-state index contributed by atoms with van der Waals surface area (Å²) < 4.78 is 7.47. The summed E-state index contributed by atoms with van der Waals surface area (Å²) in [5.74, 6) is 1.82. The van der Waals surface area contributed by atoms with E-state index in [1.54, 1.807) is 11.3 Å². The van der Waals surface area contributed by atoms with E-state index in [1.165, 1.54) is 4.88 Å². The number of benzene rings is 1. The average molecular weight is 439 g/mol. The van der Waals surface area contributed by atoms with Gasteiger partial charge in [0, 0.05) is 55.8 Å². The van der Waals surface area contributed by atoms with Crippen LogP contribution in [0.15, 0.2) is 36.5 Å². The van der Waals surface area contributed by atoms with E-state index in [2.05, 4.69) is 42.1 Å². The maximum Gasteiger partial charge on any atom is 0.225 e. The summed E-state index contributed by atoms with van der Waals surface area (Å²) >= 11 is 1.75. The Morgan fingerprint density at radius 2 is 2.10 bits per heavy atom. The summed E-state index contributed by atoms with van der Waals surface area (Å²) in [7, 11) is 0. The van der Waals surface area contributed by atoms with E-state index < -0.39 is 0 Å². The van der Waals surface area contributed by atoms with Crippen LogP contribution in [0.4, 0.5) is 0 Å². The molecule has 1 amide bonds. The molecule has 1 fully saturated rings. The van der Waals surface area contributed by atoms with Gasteiger partial charge in [0.2, 0.25) is 5.91 Å². The van der Waals surface area contributed by atoms with E-state index in [-0.39, 0.29) is 11.8 Å². The first-order chi connectivity index (χ1) is 15.3. The molecule has 0 spiro atoms. The van der Waals surface area contributed by atoms with Gasteiger partial charge in [-0.2, -0.15) is 0 Å². The van der Waals surface area contributed by atoms with Crippen molar-refractivity contribution in [3.05, 3.63) is 53.1 Å². The number of amides is 1. The Kier molecular flexibility index (Phi) is 6.06. The number of nitrogens with zero attached hydrogens (tertiary/aromatic N) is 5. The van der Waals surface area contributed by atoms with Crippen LogP contribution in [0.5, 0.6) is 0 Å². The second-order valence-electron chi connectivity index (χ2n) is 7.99. The van der Waals surface area contributed by atoms with E-state index in [1.807, 2.05) is 24.4 Å². The molecule has 2 aliphatic rings. The summed E-state index contributed by atoms with van der Waals surface area (Å²) in [4.78, 5) is 20.6. The van der Waals surface area contributed by atoms with Gasteiger partial charge in [-0.3, -0.25) is 9.69 Å². The molecule has 2 aliphatic heterocycles. The van der Waals surface area contributed by atoms with Crippen LogP contribution in [0.2, 0.25) is 0 Å².